The van der Waals surface area contributed by atoms with Gasteiger partial charge in [0.1, 0.15) is 0 Å². The number of halogens is 4. The summed E-state index contributed by atoms with van der Waals surface area (Å²) in [4.78, 5) is 25.6. The molecule has 1 saturated heterocycles. The summed E-state index contributed by atoms with van der Waals surface area (Å²) in [5.74, 6) is -0.490. The molecule has 4 rings (SSSR count). The first-order valence-electron chi connectivity index (χ1n) is 10.2. The van der Waals surface area contributed by atoms with Gasteiger partial charge in [-0.25, -0.2) is 0 Å². The van der Waals surface area contributed by atoms with Crippen molar-refractivity contribution in [3.8, 4) is 0 Å². The van der Waals surface area contributed by atoms with Gasteiger partial charge in [-0.05, 0) is 61.8 Å². The fourth-order valence-electron chi connectivity index (χ4n) is 4.05. The predicted molar refractivity (Wildman–Crippen MR) is 118 cm³/mol. The number of fused-ring (bicyclic) bond motifs is 1. The molecule has 1 aliphatic heterocycles. The Labute approximate surface area is 187 Å². The number of carbonyl (C=O) groups is 1. The van der Waals surface area contributed by atoms with E-state index in [4.69, 9.17) is 11.6 Å². The molecule has 1 fully saturated rings. The highest BCUT2D eigenvalue weighted by Crippen LogP contribution is 2.35. The van der Waals surface area contributed by atoms with E-state index in [1.807, 2.05) is 0 Å². The normalized spacial score (nSPS) is 15.1. The molecule has 0 aliphatic carbocycles. The van der Waals surface area contributed by atoms with Gasteiger partial charge in [-0.15, -0.1) is 0 Å². The van der Waals surface area contributed by atoms with E-state index in [2.05, 4.69) is 10.6 Å². The van der Waals surface area contributed by atoms with Gasteiger partial charge in [0.15, 0.2) is 0 Å². The van der Waals surface area contributed by atoms with Crippen molar-refractivity contribution in [3.05, 3.63) is 75.2 Å². The summed E-state index contributed by atoms with van der Waals surface area (Å²) in [5.41, 5.74) is -0.481. The number of nitrogens with zero attached hydrogens (tertiary/aromatic N) is 1. The highest BCUT2D eigenvalue weighted by molar-refractivity contribution is 6.31. The monoisotopic (exact) mass is 463 g/mol. The fourth-order valence-corrected chi connectivity index (χ4v) is 4.28. The zero-order valence-corrected chi connectivity index (χ0v) is 17.8. The molecule has 5 nitrogen and oxygen atoms in total. The standard InChI is InChI=1S/C23H21ClF3N3O2/c24-19-5-4-14(12-18(19)23(25,26)27)13-21(31)29-20-3-1-2-17-16(20)8-11-30(22(17)32)15-6-9-28-10-7-15/h1-5,8,11-12,15,28H,6-7,9-10,13H2,(H,29,31). The Morgan fingerprint density at radius 1 is 1.12 bits per heavy atom. The number of hydrogen-bond acceptors (Lipinski definition) is 3. The van der Waals surface area contributed by atoms with Gasteiger partial charge < -0.3 is 15.2 Å². The average molecular weight is 464 g/mol. The summed E-state index contributed by atoms with van der Waals surface area (Å²) >= 11 is 5.64. The van der Waals surface area contributed by atoms with Crippen molar-refractivity contribution in [1.82, 2.24) is 9.88 Å². The van der Waals surface area contributed by atoms with Crippen LogP contribution in [-0.2, 0) is 17.4 Å². The molecule has 0 unspecified atom stereocenters. The molecule has 2 heterocycles. The smallest absolute Gasteiger partial charge is 0.325 e. The van der Waals surface area contributed by atoms with E-state index >= 15 is 0 Å². The van der Waals surface area contributed by atoms with Gasteiger partial charge in [0.05, 0.1) is 17.0 Å². The number of anilines is 1. The number of alkyl halides is 3. The van der Waals surface area contributed by atoms with E-state index in [0.29, 0.717) is 16.5 Å². The summed E-state index contributed by atoms with van der Waals surface area (Å²) in [7, 11) is 0. The van der Waals surface area contributed by atoms with Gasteiger partial charge in [-0.3, -0.25) is 9.59 Å². The van der Waals surface area contributed by atoms with Crippen LogP contribution in [0.3, 0.4) is 0 Å². The Morgan fingerprint density at radius 3 is 2.59 bits per heavy atom. The first-order chi connectivity index (χ1) is 15.2. The van der Waals surface area contributed by atoms with Crippen molar-refractivity contribution in [2.75, 3.05) is 18.4 Å². The van der Waals surface area contributed by atoms with E-state index in [-0.39, 0.29) is 23.6 Å². The van der Waals surface area contributed by atoms with E-state index in [1.54, 1.807) is 35.0 Å². The number of benzene rings is 2. The zero-order chi connectivity index (χ0) is 22.9. The second-order valence-electron chi connectivity index (χ2n) is 7.81. The Bertz CT molecular complexity index is 1220. The minimum atomic E-state index is -4.60. The Hall–Kier alpha value is -2.84. The van der Waals surface area contributed by atoms with E-state index in [1.165, 1.54) is 6.07 Å². The third-order valence-electron chi connectivity index (χ3n) is 5.65. The molecular formula is C23H21ClF3N3O2. The number of carbonyl (C=O) groups excluding carboxylic acids is 1. The highest BCUT2D eigenvalue weighted by atomic mass is 35.5. The topological polar surface area (TPSA) is 63.1 Å². The van der Waals surface area contributed by atoms with Crippen LogP contribution in [0, 0.1) is 0 Å². The van der Waals surface area contributed by atoms with Gasteiger partial charge in [0.25, 0.3) is 5.56 Å². The zero-order valence-electron chi connectivity index (χ0n) is 17.0. The van der Waals surface area contributed by atoms with Crippen molar-refractivity contribution in [3.63, 3.8) is 0 Å². The van der Waals surface area contributed by atoms with E-state index in [9.17, 15) is 22.8 Å². The molecule has 2 N–H and O–H groups in total. The van der Waals surface area contributed by atoms with Gasteiger partial charge in [0.2, 0.25) is 5.91 Å². The third kappa shape index (κ3) is 4.66. The number of hydrogen-bond donors (Lipinski definition) is 2. The lowest BCUT2D eigenvalue weighted by Crippen LogP contribution is -2.34. The van der Waals surface area contributed by atoms with Crippen molar-refractivity contribution < 1.29 is 18.0 Å². The minimum Gasteiger partial charge on any atom is -0.325 e. The largest absolute Gasteiger partial charge is 0.417 e. The van der Waals surface area contributed by atoms with Crippen LogP contribution in [0.4, 0.5) is 18.9 Å². The van der Waals surface area contributed by atoms with Crippen molar-refractivity contribution >= 4 is 34.0 Å². The lowest BCUT2D eigenvalue weighted by Gasteiger charge is -2.25. The second kappa shape index (κ2) is 8.96. The molecule has 1 aromatic heterocycles. The van der Waals surface area contributed by atoms with Crippen LogP contribution in [0.1, 0.15) is 30.0 Å². The number of rotatable bonds is 4. The van der Waals surface area contributed by atoms with Crippen LogP contribution in [0.15, 0.2) is 53.5 Å². The molecule has 0 saturated carbocycles. The average Bonchev–Trinajstić information content (AvgIpc) is 2.75. The van der Waals surface area contributed by atoms with Crippen molar-refractivity contribution in [2.24, 2.45) is 0 Å². The number of piperidine rings is 1. The molecule has 0 radical (unpaired) electrons. The Kier molecular flexibility index (Phi) is 6.26. The van der Waals surface area contributed by atoms with Crippen LogP contribution < -0.4 is 16.2 Å². The predicted octanol–water partition coefficient (Wildman–Crippen LogP) is 4.78. The van der Waals surface area contributed by atoms with E-state index in [0.717, 1.165) is 38.1 Å². The molecule has 2 aromatic carbocycles. The molecule has 3 aromatic rings. The lowest BCUT2D eigenvalue weighted by molar-refractivity contribution is -0.137. The SMILES string of the molecule is O=C(Cc1ccc(Cl)c(C(F)(F)F)c1)Nc1cccc2c(=O)n(C3CCNCC3)ccc12. The molecular weight excluding hydrogens is 443 g/mol. The van der Waals surface area contributed by atoms with Crippen molar-refractivity contribution in [2.45, 2.75) is 31.5 Å². The van der Waals surface area contributed by atoms with Crippen molar-refractivity contribution in [1.29, 1.82) is 0 Å². The number of pyridine rings is 1. The summed E-state index contributed by atoms with van der Waals surface area (Å²) in [6.07, 6.45) is -1.40. The summed E-state index contributed by atoms with van der Waals surface area (Å²) in [5, 5.41) is 6.65. The fraction of sp³-hybridized carbons (Fsp3) is 0.304. The maximum absolute atomic E-state index is 13.1. The lowest BCUT2D eigenvalue weighted by atomic mass is 10.0. The van der Waals surface area contributed by atoms with Crippen LogP contribution >= 0.6 is 11.6 Å². The molecule has 168 valence electrons. The summed E-state index contributed by atoms with van der Waals surface area (Å²) < 4.78 is 41.0. The summed E-state index contributed by atoms with van der Waals surface area (Å²) in [6.45, 7) is 1.71. The number of nitrogens with one attached hydrogen (secondary N) is 2. The van der Waals surface area contributed by atoms with Gasteiger partial charge in [-0.2, -0.15) is 13.2 Å². The number of aromatic nitrogens is 1. The Morgan fingerprint density at radius 2 is 1.88 bits per heavy atom. The van der Waals surface area contributed by atoms with Crippen LogP contribution in [0.2, 0.25) is 5.02 Å². The van der Waals surface area contributed by atoms with Gasteiger partial charge >= 0.3 is 6.18 Å². The quantitative estimate of drug-likeness (QED) is 0.585. The number of amides is 1. The minimum absolute atomic E-state index is 0.124. The molecule has 9 heteroatoms. The Balaban J connectivity index is 1.57. The first-order valence-corrected chi connectivity index (χ1v) is 10.6. The van der Waals surface area contributed by atoms with Crippen LogP contribution in [-0.4, -0.2) is 23.6 Å². The molecule has 0 spiro atoms. The van der Waals surface area contributed by atoms with Gasteiger partial charge in [0, 0.05) is 28.7 Å². The van der Waals surface area contributed by atoms with Crippen LogP contribution in [0.25, 0.3) is 10.8 Å². The highest BCUT2D eigenvalue weighted by Gasteiger charge is 2.33. The second-order valence-corrected chi connectivity index (χ2v) is 8.22. The molecule has 1 aliphatic rings. The molecule has 32 heavy (non-hydrogen) atoms. The first kappa shape index (κ1) is 22.4. The van der Waals surface area contributed by atoms with Crippen LogP contribution in [0.5, 0.6) is 0 Å². The third-order valence-corrected chi connectivity index (χ3v) is 5.98. The maximum Gasteiger partial charge on any atom is 0.417 e. The molecule has 0 atom stereocenters. The summed E-state index contributed by atoms with van der Waals surface area (Å²) in [6, 6.07) is 10.4. The molecule has 0 bridgehead atoms. The molecule has 1 amide bonds. The van der Waals surface area contributed by atoms with E-state index < -0.39 is 22.7 Å². The maximum atomic E-state index is 13.1. The van der Waals surface area contributed by atoms with Gasteiger partial charge in [-0.1, -0.05) is 23.7 Å².